The van der Waals surface area contributed by atoms with Crippen molar-refractivity contribution < 1.29 is 26.0 Å². The van der Waals surface area contributed by atoms with Gasteiger partial charge in [0.15, 0.2) is 0 Å². The van der Waals surface area contributed by atoms with Gasteiger partial charge in [0.25, 0.3) is 0 Å². The Balaban J connectivity index is 1.62. The molecule has 1 aliphatic heterocycles. The number of hydrogen-bond acceptors (Lipinski definition) is 3. The molecule has 29 heavy (non-hydrogen) atoms. The van der Waals surface area contributed by atoms with E-state index in [2.05, 4.69) is 9.97 Å². The van der Waals surface area contributed by atoms with Crippen LogP contribution in [0.4, 0.5) is 17.6 Å². The maximum absolute atomic E-state index is 13.5. The maximum atomic E-state index is 13.5. The molecule has 0 saturated heterocycles. The van der Waals surface area contributed by atoms with Crippen LogP contribution < -0.4 is 0 Å². The molecule has 0 radical (unpaired) electrons. The van der Waals surface area contributed by atoms with Crippen LogP contribution >= 0.6 is 0 Å². The van der Waals surface area contributed by atoms with Gasteiger partial charge < -0.3 is 4.98 Å². The van der Waals surface area contributed by atoms with Gasteiger partial charge in [0.05, 0.1) is 10.5 Å². The fraction of sp³-hybridized carbons (Fsp3) is 0.211. The third-order valence-corrected chi connectivity index (χ3v) is 6.71. The average molecular weight is 425 g/mol. The number of halogens is 4. The number of fused-ring (bicyclic) bond motifs is 1. The Labute approximate surface area is 163 Å². The lowest BCUT2D eigenvalue weighted by atomic mass is 10.0. The van der Waals surface area contributed by atoms with Crippen LogP contribution in [0.5, 0.6) is 0 Å². The predicted molar refractivity (Wildman–Crippen MR) is 98.8 cm³/mol. The molecule has 10 heteroatoms. The number of aromatic amines is 1. The zero-order valence-corrected chi connectivity index (χ0v) is 15.7. The molecule has 0 amide bonds. The number of nitrogens with zero attached hydrogens (tertiary/aromatic N) is 2. The molecule has 0 bridgehead atoms. The van der Waals surface area contributed by atoms with Crippen LogP contribution in [0.25, 0.3) is 16.6 Å². The molecule has 0 aliphatic carbocycles. The van der Waals surface area contributed by atoms with E-state index in [1.54, 1.807) is 24.5 Å². The van der Waals surface area contributed by atoms with E-state index < -0.39 is 32.5 Å². The lowest BCUT2D eigenvalue weighted by Crippen LogP contribution is -2.34. The zero-order valence-electron chi connectivity index (χ0n) is 14.9. The number of pyridine rings is 1. The number of hydrogen-bond donors (Lipinski definition) is 1. The molecule has 5 nitrogen and oxygen atoms in total. The predicted octanol–water partition coefficient (Wildman–Crippen LogP) is 4.20. The largest absolute Gasteiger partial charge is 0.419 e. The van der Waals surface area contributed by atoms with E-state index in [4.69, 9.17) is 0 Å². The minimum atomic E-state index is -4.98. The summed E-state index contributed by atoms with van der Waals surface area (Å²) in [4.78, 5) is 6.68. The molecule has 4 rings (SSSR count). The first kappa shape index (κ1) is 19.6. The second-order valence-electron chi connectivity index (χ2n) is 6.58. The van der Waals surface area contributed by atoms with E-state index in [1.165, 1.54) is 0 Å². The summed E-state index contributed by atoms with van der Waals surface area (Å²) < 4.78 is 78.9. The molecule has 3 heterocycles. The van der Waals surface area contributed by atoms with Gasteiger partial charge in [-0.2, -0.15) is 17.5 Å². The van der Waals surface area contributed by atoms with Crippen LogP contribution in [0, 0.1) is 5.82 Å². The molecular weight excluding hydrogens is 410 g/mol. The molecule has 0 saturated carbocycles. The highest BCUT2D eigenvalue weighted by Gasteiger charge is 2.36. The lowest BCUT2D eigenvalue weighted by Gasteiger charge is -2.26. The number of rotatable bonds is 3. The van der Waals surface area contributed by atoms with Crippen LogP contribution in [0.2, 0.25) is 0 Å². The smallest absolute Gasteiger partial charge is 0.346 e. The van der Waals surface area contributed by atoms with E-state index in [0.29, 0.717) is 24.2 Å². The summed E-state index contributed by atoms with van der Waals surface area (Å²) in [6.45, 7) is 0.100. The number of nitrogens with one attached hydrogen (secondary N) is 1. The van der Waals surface area contributed by atoms with Crippen molar-refractivity contribution in [2.45, 2.75) is 17.5 Å². The van der Waals surface area contributed by atoms with Gasteiger partial charge in [0.1, 0.15) is 11.5 Å². The van der Waals surface area contributed by atoms with Gasteiger partial charge in [-0.25, -0.2) is 17.8 Å². The number of H-pyrrole nitrogens is 1. The standard InChI is InChI=1S/C19H15F4N3O2S/c20-17-4-3-13(10-16(17)19(21,22)23)29(27,28)26-8-5-12(6-9-26)15-11-25-18-14(15)2-1-7-24-18/h1-5,7,10-11H,6,8-9H2,(H,24,25). The van der Waals surface area contributed by atoms with E-state index in [9.17, 15) is 26.0 Å². The van der Waals surface area contributed by atoms with Gasteiger partial charge in [0.2, 0.25) is 10.0 Å². The molecule has 152 valence electrons. The van der Waals surface area contributed by atoms with Crippen LogP contribution in [0.15, 0.2) is 53.7 Å². The van der Waals surface area contributed by atoms with Gasteiger partial charge in [-0.15, -0.1) is 0 Å². The van der Waals surface area contributed by atoms with Gasteiger partial charge in [-0.3, -0.25) is 0 Å². The quantitative estimate of drug-likeness (QED) is 0.640. The topological polar surface area (TPSA) is 66.1 Å². The molecule has 0 fully saturated rings. The Morgan fingerprint density at radius 3 is 2.66 bits per heavy atom. The highest BCUT2D eigenvalue weighted by atomic mass is 32.2. The Kier molecular flexibility index (Phi) is 4.70. The second kappa shape index (κ2) is 6.96. The van der Waals surface area contributed by atoms with Crippen LogP contribution in [0.1, 0.15) is 17.5 Å². The molecule has 0 spiro atoms. The summed E-state index contributed by atoms with van der Waals surface area (Å²) in [6, 6.07) is 5.42. The fourth-order valence-electron chi connectivity index (χ4n) is 3.37. The summed E-state index contributed by atoms with van der Waals surface area (Å²) in [5.41, 5.74) is 0.944. The average Bonchev–Trinajstić information content (AvgIpc) is 3.11. The van der Waals surface area contributed by atoms with Crippen molar-refractivity contribution >= 4 is 26.6 Å². The molecule has 0 unspecified atom stereocenters. The first-order valence-electron chi connectivity index (χ1n) is 8.66. The first-order chi connectivity index (χ1) is 13.7. The third kappa shape index (κ3) is 3.53. The Hall–Kier alpha value is -2.72. The summed E-state index contributed by atoms with van der Waals surface area (Å²) >= 11 is 0. The first-order valence-corrected chi connectivity index (χ1v) is 10.1. The van der Waals surface area contributed by atoms with Gasteiger partial charge in [-0.1, -0.05) is 6.08 Å². The number of aromatic nitrogens is 2. The Morgan fingerprint density at radius 2 is 1.97 bits per heavy atom. The summed E-state index contributed by atoms with van der Waals surface area (Å²) in [5.74, 6) is -1.51. The monoisotopic (exact) mass is 425 g/mol. The maximum Gasteiger partial charge on any atom is 0.419 e. The van der Waals surface area contributed by atoms with Gasteiger partial charge >= 0.3 is 6.18 Å². The number of benzene rings is 1. The third-order valence-electron chi connectivity index (χ3n) is 4.85. The zero-order chi connectivity index (χ0) is 20.8. The normalized spacial score (nSPS) is 16.2. The van der Waals surface area contributed by atoms with Crippen LogP contribution in [-0.2, 0) is 16.2 Å². The Bertz CT molecular complexity index is 1220. The summed E-state index contributed by atoms with van der Waals surface area (Å²) in [5, 5.41) is 0.906. The summed E-state index contributed by atoms with van der Waals surface area (Å²) in [6.07, 6.45) is 0.584. The highest BCUT2D eigenvalue weighted by Crippen LogP contribution is 2.34. The Morgan fingerprint density at radius 1 is 1.17 bits per heavy atom. The van der Waals surface area contributed by atoms with Gasteiger partial charge in [0, 0.05) is 36.4 Å². The van der Waals surface area contributed by atoms with E-state index >= 15 is 0 Å². The van der Waals surface area contributed by atoms with Crippen molar-refractivity contribution in [3.8, 4) is 0 Å². The van der Waals surface area contributed by atoms with Crippen LogP contribution in [0.3, 0.4) is 0 Å². The van der Waals surface area contributed by atoms with E-state index in [-0.39, 0.29) is 13.1 Å². The number of sulfonamides is 1. The molecule has 1 N–H and O–H groups in total. The fourth-order valence-corrected chi connectivity index (χ4v) is 4.77. The minimum Gasteiger partial charge on any atom is -0.346 e. The van der Waals surface area contributed by atoms with Crippen molar-refractivity contribution in [1.29, 1.82) is 0 Å². The van der Waals surface area contributed by atoms with Crippen molar-refractivity contribution in [3.63, 3.8) is 0 Å². The second-order valence-corrected chi connectivity index (χ2v) is 8.52. The molecule has 2 aromatic heterocycles. The van der Waals surface area contributed by atoms with Crippen LogP contribution in [-0.4, -0.2) is 35.8 Å². The molecule has 1 aliphatic rings. The minimum absolute atomic E-state index is 0.00330. The molecule has 1 aromatic carbocycles. The summed E-state index contributed by atoms with van der Waals surface area (Å²) in [7, 11) is -4.19. The van der Waals surface area contributed by atoms with E-state index in [0.717, 1.165) is 26.9 Å². The van der Waals surface area contributed by atoms with Crippen molar-refractivity contribution in [2.24, 2.45) is 0 Å². The van der Waals surface area contributed by atoms with Gasteiger partial charge in [-0.05, 0) is 42.3 Å². The molecule has 3 aromatic rings. The van der Waals surface area contributed by atoms with E-state index in [1.807, 2.05) is 6.07 Å². The number of alkyl halides is 3. The van der Waals surface area contributed by atoms with Crippen molar-refractivity contribution in [3.05, 3.63) is 65.7 Å². The molecular formula is C19H15F4N3O2S. The van der Waals surface area contributed by atoms with Crippen molar-refractivity contribution in [1.82, 2.24) is 14.3 Å². The SMILES string of the molecule is O=S(=O)(c1ccc(F)c(C(F)(F)F)c1)N1CC=C(c2c[nH]c3ncccc23)CC1. The lowest BCUT2D eigenvalue weighted by molar-refractivity contribution is -0.140. The highest BCUT2D eigenvalue weighted by molar-refractivity contribution is 7.89. The van der Waals surface area contributed by atoms with Crippen molar-refractivity contribution in [2.75, 3.05) is 13.1 Å². The molecule has 0 atom stereocenters.